The van der Waals surface area contributed by atoms with Crippen molar-refractivity contribution >= 4 is 21.8 Å². The van der Waals surface area contributed by atoms with E-state index in [0.29, 0.717) is 21.7 Å². The Morgan fingerprint density at radius 1 is 1.30 bits per heavy atom. The summed E-state index contributed by atoms with van der Waals surface area (Å²) < 4.78 is 19.3. The molecule has 1 N–H and O–H groups in total. The van der Waals surface area contributed by atoms with Crippen LogP contribution >= 0.6 is 15.9 Å². The van der Waals surface area contributed by atoms with Gasteiger partial charge in [0.05, 0.1) is 16.1 Å². The fourth-order valence-corrected chi connectivity index (χ4v) is 3.72. The van der Waals surface area contributed by atoms with E-state index in [0.717, 1.165) is 25.1 Å². The normalized spacial score (nSPS) is 16.5. The van der Waals surface area contributed by atoms with E-state index in [1.165, 1.54) is 24.4 Å². The summed E-state index contributed by atoms with van der Waals surface area (Å²) in [6, 6.07) is 11.5. The number of hydrogen-bond donors (Lipinski definition) is 1. The molecular formula is C20H17BrFN3O2. The van der Waals surface area contributed by atoms with E-state index in [1.54, 1.807) is 12.1 Å². The minimum Gasteiger partial charge on any atom is -0.438 e. The number of hydrogen-bond acceptors (Lipinski definition) is 3. The number of H-pyrrole nitrogens is 1. The molecule has 5 nitrogen and oxygen atoms in total. The topological polar surface area (TPSA) is 58.2 Å². The first-order valence-corrected chi connectivity index (χ1v) is 9.44. The van der Waals surface area contributed by atoms with Crippen LogP contribution in [0.2, 0.25) is 0 Å². The second-order valence-corrected chi connectivity index (χ2v) is 7.20. The van der Waals surface area contributed by atoms with Gasteiger partial charge in [-0.2, -0.15) is 0 Å². The zero-order valence-electron chi connectivity index (χ0n) is 14.4. The number of rotatable bonds is 4. The van der Waals surface area contributed by atoms with Gasteiger partial charge in [0.2, 0.25) is 5.88 Å². The zero-order valence-corrected chi connectivity index (χ0v) is 15.9. The Morgan fingerprint density at radius 2 is 2.19 bits per heavy atom. The maximum absolute atomic E-state index is 13.2. The molecule has 3 aromatic rings. The molecule has 3 heterocycles. The lowest BCUT2D eigenvalue weighted by Crippen LogP contribution is -2.30. The molecule has 138 valence electrons. The number of aromatic amines is 1. The highest BCUT2D eigenvalue weighted by atomic mass is 79.9. The van der Waals surface area contributed by atoms with Crippen molar-refractivity contribution in [3.8, 4) is 11.6 Å². The van der Waals surface area contributed by atoms with Gasteiger partial charge in [0.25, 0.3) is 5.91 Å². The van der Waals surface area contributed by atoms with Crippen LogP contribution in [0.3, 0.4) is 0 Å². The molecule has 1 aliphatic rings. The number of aromatic nitrogens is 2. The Morgan fingerprint density at radius 3 is 2.89 bits per heavy atom. The maximum atomic E-state index is 13.2. The van der Waals surface area contributed by atoms with E-state index in [1.807, 2.05) is 23.2 Å². The number of likely N-dealkylation sites (tertiary alicyclic amines) is 1. The van der Waals surface area contributed by atoms with Gasteiger partial charge in [-0.3, -0.25) is 4.79 Å². The molecule has 1 fully saturated rings. The second kappa shape index (κ2) is 7.52. The van der Waals surface area contributed by atoms with Gasteiger partial charge in [-0.1, -0.05) is 0 Å². The highest BCUT2D eigenvalue weighted by molar-refractivity contribution is 9.10. The van der Waals surface area contributed by atoms with Gasteiger partial charge in [-0.15, -0.1) is 0 Å². The van der Waals surface area contributed by atoms with Crippen LogP contribution in [0.15, 0.2) is 59.3 Å². The van der Waals surface area contributed by atoms with Crippen LogP contribution in [0.5, 0.6) is 11.6 Å². The second-order valence-electron chi connectivity index (χ2n) is 6.34. The molecule has 0 spiro atoms. The Labute approximate surface area is 164 Å². The molecular weight excluding hydrogens is 413 g/mol. The SMILES string of the molecule is O=C(c1ccc(Oc2ccc(F)cc2Br)nc1)N1CCCC1c1ccc[nH]1. The standard InChI is InChI=1S/C20H17BrFN3O2/c21-15-11-14(22)6-7-18(15)27-19-8-5-13(12-24-19)20(26)25-10-2-4-17(25)16-3-1-9-23-16/h1,3,5-9,11-12,17,23H,2,4,10H2. The lowest BCUT2D eigenvalue weighted by molar-refractivity contribution is 0.0733. The first kappa shape index (κ1) is 17.7. The third kappa shape index (κ3) is 3.73. The zero-order chi connectivity index (χ0) is 18.8. The Bertz CT molecular complexity index is 944. The van der Waals surface area contributed by atoms with Crippen molar-refractivity contribution in [1.29, 1.82) is 0 Å². The van der Waals surface area contributed by atoms with Crippen molar-refractivity contribution in [1.82, 2.24) is 14.9 Å². The number of benzene rings is 1. The third-order valence-electron chi connectivity index (χ3n) is 4.59. The summed E-state index contributed by atoms with van der Waals surface area (Å²) in [5.41, 5.74) is 1.56. The lowest BCUT2D eigenvalue weighted by Gasteiger charge is -2.24. The fourth-order valence-electron chi connectivity index (χ4n) is 3.29. The van der Waals surface area contributed by atoms with Crippen LogP contribution in [0.25, 0.3) is 0 Å². The average molecular weight is 430 g/mol. The summed E-state index contributed by atoms with van der Waals surface area (Å²) in [7, 11) is 0. The maximum Gasteiger partial charge on any atom is 0.255 e. The summed E-state index contributed by atoms with van der Waals surface area (Å²) in [5.74, 6) is 0.384. The van der Waals surface area contributed by atoms with Crippen LogP contribution < -0.4 is 4.74 Å². The summed E-state index contributed by atoms with van der Waals surface area (Å²) in [5, 5.41) is 0. The van der Waals surface area contributed by atoms with Crippen molar-refractivity contribution in [2.24, 2.45) is 0 Å². The third-order valence-corrected chi connectivity index (χ3v) is 5.21. The molecule has 1 unspecified atom stereocenters. The number of ether oxygens (including phenoxy) is 1. The minimum absolute atomic E-state index is 0.0471. The van der Waals surface area contributed by atoms with Gasteiger partial charge < -0.3 is 14.6 Å². The van der Waals surface area contributed by atoms with E-state index < -0.39 is 0 Å². The van der Waals surface area contributed by atoms with Crippen molar-refractivity contribution < 1.29 is 13.9 Å². The number of halogens is 2. The molecule has 1 atom stereocenters. The largest absolute Gasteiger partial charge is 0.438 e. The number of amides is 1. The van der Waals surface area contributed by atoms with E-state index >= 15 is 0 Å². The first-order valence-electron chi connectivity index (χ1n) is 8.65. The van der Waals surface area contributed by atoms with Gasteiger partial charge in [0.15, 0.2) is 0 Å². The Kier molecular flexibility index (Phi) is 4.94. The van der Waals surface area contributed by atoms with Crippen LogP contribution in [0.1, 0.15) is 34.9 Å². The molecule has 1 aliphatic heterocycles. The molecule has 2 aromatic heterocycles. The highest BCUT2D eigenvalue weighted by Gasteiger charge is 2.31. The summed E-state index contributed by atoms with van der Waals surface area (Å²) in [4.78, 5) is 22.2. The highest BCUT2D eigenvalue weighted by Crippen LogP contribution is 2.33. The summed E-state index contributed by atoms with van der Waals surface area (Å²) in [6.45, 7) is 0.725. The van der Waals surface area contributed by atoms with E-state index in [4.69, 9.17) is 4.74 Å². The van der Waals surface area contributed by atoms with Gasteiger partial charge in [-0.25, -0.2) is 9.37 Å². The smallest absolute Gasteiger partial charge is 0.255 e. The Hall–Kier alpha value is -2.67. The lowest BCUT2D eigenvalue weighted by atomic mass is 10.1. The van der Waals surface area contributed by atoms with Crippen LogP contribution in [-0.2, 0) is 0 Å². The van der Waals surface area contributed by atoms with Gasteiger partial charge in [0.1, 0.15) is 11.6 Å². The first-order chi connectivity index (χ1) is 13.1. The summed E-state index contributed by atoms with van der Waals surface area (Å²) in [6.07, 6.45) is 5.30. The average Bonchev–Trinajstić information content (AvgIpc) is 3.35. The molecule has 1 amide bonds. The van der Waals surface area contributed by atoms with Crippen molar-refractivity contribution in [3.63, 3.8) is 0 Å². The quantitative estimate of drug-likeness (QED) is 0.628. The van der Waals surface area contributed by atoms with Gasteiger partial charge in [0, 0.05) is 30.7 Å². The predicted molar refractivity (Wildman–Crippen MR) is 102 cm³/mol. The van der Waals surface area contributed by atoms with Crippen LogP contribution in [-0.4, -0.2) is 27.3 Å². The molecule has 7 heteroatoms. The van der Waals surface area contributed by atoms with Crippen molar-refractivity contribution in [2.45, 2.75) is 18.9 Å². The van der Waals surface area contributed by atoms with Gasteiger partial charge in [-0.05, 0) is 65.2 Å². The molecule has 1 saturated heterocycles. The van der Waals surface area contributed by atoms with Gasteiger partial charge >= 0.3 is 0 Å². The summed E-state index contributed by atoms with van der Waals surface area (Å²) >= 11 is 3.26. The molecule has 0 bridgehead atoms. The number of carbonyl (C=O) groups is 1. The molecule has 1 aromatic carbocycles. The fraction of sp³-hybridized carbons (Fsp3) is 0.200. The number of carbonyl (C=O) groups excluding carboxylic acids is 1. The number of pyridine rings is 1. The van der Waals surface area contributed by atoms with E-state index in [2.05, 4.69) is 25.9 Å². The monoisotopic (exact) mass is 429 g/mol. The number of nitrogens with zero attached hydrogens (tertiary/aromatic N) is 2. The molecule has 0 radical (unpaired) electrons. The minimum atomic E-state index is -0.356. The van der Waals surface area contributed by atoms with Crippen molar-refractivity contribution in [3.05, 3.63) is 76.4 Å². The molecule has 27 heavy (non-hydrogen) atoms. The van der Waals surface area contributed by atoms with Crippen LogP contribution in [0.4, 0.5) is 4.39 Å². The molecule has 0 saturated carbocycles. The Balaban J connectivity index is 1.49. The molecule has 0 aliphatic carbocycles. The predicted octanol–water partition coefficient (Wildman–Crippen LogP) is 5.08. The number of nitrogens with one attached hydrogen (secondary N) is 1. The van der Waals surface area contributed by atoms with E-state index in [-0.39, 0.29) is 17.8 Å². The molecule has 4 rings (SSSR count). The van der Waals surface area contributed by atoms with Crippen molar-refractivity contribution in [2.75, 3.05) is 6.54 Å². The van der Waals surface area contributed by atoms with Crippen LogP contribution in [0, 0.1) is 5.82 Å². The van der Waals surface area contributed by atoms with E-state index in [9.17, 15) is 9.18 Å².